The Morgan fingerprint density at radius 3 is 2.69 bits per heavy atom. The van der Waals surface area contributed by atoms with Crippen molar-refractivity contribution in [3.63, 3.8) is 0 Å². The van der Waals surface area contributed by atoms with E-state index in [-0.39, 0.29) is 16.9 Å². The fraction of sp³-hybridized carbons (Fsp3) is 0.222. The molecule has 1 nitrogen and oxygen atoms in total. The van der Waals surface area contributed by atoms with E-state index in [4.69, 9.17) is 5.26 Å². The van der Waals surface area contributed by atoms with Gasteiger partial charge < -0.3 is 0 Å². The van der Waals surface area contributed by atoms with Crippen LogP contribution in [0.4, 0.5) is 8.78 Å². The lowest BCUT2D eigenvalue weighted by Gasteiger charge is -2.03. The summed E-state index contributed by atoms with van der Waals surface area (Å²) >= 11 is 1.13. The van der Waals surface area contributed by atoms with Crippen molar-refractivity contribution in [2.75, 3.05) is 6.26 Å². The molecule has 0 aromatic heterocycles. The number of nitrogens with zero attached hydrogens (tertiary/aromatic N) is 1. The van der Waals surface area contributed by atoms with E-state index in [0.29, 0.717) is 0 Å². The SMILES string of the molecule is CSc1cc(F)cc(CC#N)c1F. The van der Waals surface area contributed by atoms with Crippen molar-refractivity contribution < 1.29 is 8.78 Å². The maximum atomic E-state index is 13.3. The highest BCUT2D eigenvalue weighted by Crippen LogP contribution is 2.23. The van der Waals surface area contributed by atoms with Gasteiger partial charge in [-0.05, 0) is 18.4 Å². The topological polar surface area (TPSA) is 23.8 Å². The second-order valence-electron chi connectivity index (χ2n) is 2.42. The van der Waals surface area contributed by atoms with Crippen molar-refractivity contribution in [3.8, 4) is 6.07 Å². The van der Waals surface area contributed by atoms with Crippen LogP contribution in [0.5, 0.6) is 0 Å². The summed E-state index contributed by atoms with van der Waals surface area (Å²) in [6.07, 6.45) is 1.56. The number of halogens is 2. The molecule has 13 heavy (non-hydrogen) atoms. The number of rotatable bonds is 2. The third kappa shape index (κ3) is 2.19. The lowest BCUT2D eigenvalue weighted by molar-refractivity contribution is 0.566. The van der Waals surface area contributed by atoms with Crippen LogP contribution in [0.1, 0.15) is 5.56 Å². The van der Waals surface area contributed by atoms with Crippen LogP contribution < -0.4 is 0 Å². The summed E-state index contributed by atoms with van der Waals surface area (Å²) in [6.45, 7) is 0. The highest BCUT2D eigenvalue weighted by Gasteiger charge is 2.09. The maximum Gasteiger partial charge on any atom is 0.141 e. The van der Waals surface area contributed by atoms with Gasteiger partial charge in [0, 0.05) is 10.5 Å². The van der Waals surface area contributed by atoms with Crippen LogP contribution in [-0.2, 0) is 6.42 Å². The standard InChI is InChI=1S/C9H7F2NS/c1-13-8-5-7(10)4-6(2-3-12)9(8)11/h4-5H,2H2,1H3. The monoisotopic (exact) mass is 199 g/mol. The second kappa shape index (κ2) is 4.24. The van der Waals surface area contributed by atoms with E-state index in [2.05, 4.69) is 0 Å². The van der Waals surface area contributed by atoms with Gasteiger partial charge >= 0.3 is 0 Å². The van der Waals surface area contributed by atoms with Crippen LogP contribution in [0.3, 0.4) is 0 Å². The molecule has 0 amide bonds. The number of nitriles is 1. The molecule has 0 bridgehead atoms. The molecule has 0 radical (unpaired) electrons. The Bertz CT molecular complexity index is 357. The molecular weight excluding hydrogens is 192 g/mol. The lowest BCUT2D eigenvalue weighted by Crippen LogP contribution is -1.93. The normalized spacial score (nSPS) is 9.69. The van der Waals surface area contributed by atoms with Gasteiger partial charge in [-0.2, -0.15) is 5.26 Å². The molecule has 1 aromatic rings. The van der Waals surface area contributed by atoms with Crippen LogP contribution in [-0.4, -0.2) is 6.26 Å². The quantitative estimate of drug-likeness (QED) is 0.684. The molecule has 4 heteroatoms. The van der Waals surface area contributed by atoms with Crippen molar-refractivity contribution in [2.45, 2.75) is 11.3 Å². The molecule has 0 saturated heterocycles. The molecule has 0 N–H and O–H groups in total. The van der Waals surface area contributed by atoms with Gasteiger partial charge in [0.15, 0.2) is 0 Å². The molecule has 0 saturated carbocycles. The summed E-state index contributed by atoms with van der Waals surface area (Å²) in [5.74, 6) is -0.994. The van der Waals surface area contributed by atoms with Gasteiger partial charge in [-0.3, -0.25) is 0 Å². The van der Waals surface area contributed by atoms with Crippen LogP contribution in [0.15, 0.2) is 17.0 Å². The third-order valence-electron chi connectivity index (χ3n) is 1.57. The van der Waals surface area contributed by atoms with Crippen molar-refractivity contribution in [1.29, 1.82) is 5.26 Å². The number of hydrogen-bond donors (Lipinski definition) is 0. The smallest absolute Gasteiger partial charge is 0.141 e. The van der Waals surface area contributed by atoms with E-state index in [0.717, 1.165) is 23.9 Å². The summed E-state index contributed by atoms with van der Waals surface area (Å²) in [4.78, 5) is 0.241. The lowest BCUT2D eigenvalue weighted by atomic mass is 10.1. The Kier molecular flexibility index (Phi) is 3.26. The minimum atomic E-state index is -0.504. The predicted molar refractivity (Wildman–Crippen MR) is 47.5 cm³/mol. The first kappa shape index (κ1) is 10.0. The highest BCUT2D eigenvalue weighted by molar-refractivity contribution is 7.98. The van der Waals surface area contributed by atoms with Gasteiger partial charge in [0.25, 0.3) is 0 Å². The minimum absolute atomic E-state index is 0.100. The van der Waals surface area contributed by atoms with E-state index in [1.54, 1.807) is 12.3 Å². The van der Waals surface area contributed by atoms with Crippen LogP contribution in [0, 0.1) is 23.0 Å². The Hall–Kier alpha value is -1.08. The largest absolute Gasteiger partial charge is 0.207 e. The van der Waals surface area contributed by atoms with Crippen molar-refractivity contribution in [1.82, 2.24) is 0 Å². The van der Waals surface area contributed by atoms with Gasteiger partial charge in [0.05, 0.1) is 12.5 Å². The van der Waals surface area contributed by atoms with Crippen molar-refractivity contribution in [3.05, 3.63) is 29.3 Å². The molecule has 68 valence electrons. The molecule has 0 aliphatic carbocycles. The maximum absolute atomic E-state index is 13.3. The van der Waals surface area contributed by atoms with Crippen LogP contribution in [0.2, 0.25) is 0 Å². The van der Waals surface area contributed by atoms with Crippen LogP contribution >= 0.6 is 11.8 Å². The molecule has 0 heterocycles. The molecular formula is C9H7F2NS. The van der Waals surface area contributed by atoms with Crippen molar-refractivity contribution in [2.24, 2.45) is 0 Å². The van der Waals surface area contributed by atoms with Crippen molar-refractivity contribution >= 4 is 11.8 Å². The van der Waals surface area contributed by atoms with Gasteiger partial charge in [-0.25, -0.2) is 8.78 Å². The van der Waals surface area contributed by atoms with E-state index in [1.807, 2.05) is 0 Å². The Morgan fingerprint density at radius 1 is 1.46 bits per heavy atom. The van der Waals surface area contributed by atoms with E-state index in [1.165, 1.54) is 0 Å². The first-order chi connectivity index (χ1) is 6.19. The summed E-state index contributed by atoms with van der Waals surface area (Å²) in [5, 5.41) is 8.35. The third-order valence-corrected chi connectivity index (χ3v) is 2.31. The highest BCUT2D eigenvalue weighted by atomic mass is 32.2. The summed E-state index contributed by atoms with van der Waals surface area (Å²) in [5.41, 5.74) is 0.117. The van der Waals surface area contributed by atoms with E-state index >= 15 is 0 Å². The summed E-state index contributed by atoms with van der Waals surface area (Å²) in [6, 6.07) is 3.97. The molecule has 1 rings (SSSR count). The minimum Gasteiger partial charge on any atom is -0.207 e. The first-order valence-electron chi connectivity index (χ1n) is 3.58. The Morgan fingerprint density at radius 2 is 2.15 bits per heavy atom. The van der Waals surface area contributed by atoms with Crippen LogP contribution in [0.25, 0.3) is 0 Å². The molecule has 0 aliphatic rings. The summed E-state index contributed by atoms with van der Waals surface area (Å²) in [7, 11) is 0. The Balaban J connectivity index is 3.20. The number of thioether (sulfide) groups is 1. The number of hydrogen-bond acceptors (Lipinski definition) is 2. The molecule has 0 aliphatic heterocycles. The number of benzene rings is 1. The fourth-order valence-corrected chi connectivity index (χ4v) is 1.52. The molecule has 0 spiro atoms. The summed E-state index contributed by atoms with van der Waals surface area (Å²) < 4.78 is 26.1. The molecule has 0 unspecified atom stereocenters. The van der Waals surface area contributed by atoms with Gasteiger partial charge in [-0.1, -0.05) is 0 Å². The van der Waals surface area contributed by atoms with E-state index in [9.17, 15) is 8.78 Å². The second-order valence-corrected chi connectivity index (χ2v) is 3.26. The van der Waals surface area contributed by atoms with Gasteiger partial charge in [-0.15, -0.1) is 11.8 Å². The van der Waals surface area contributed by atoms with Gasteiger partial charge in [0.1, 0.15) is 11.6 Å². The first-order valence-corrected chi connectivity index (χ1v) is 4.80. The zero-order valence-corrected chi connectivity index (χ0v) is 7.79. The fourth-order valence-electron chi connectivity index (χ4n) is 0.981. The average molecular weight is 199 g/mol. The predicted octanol–water partition coefficient (Wildman–Crippen LogP) is 2.75. The molecule has 0 atom stereocenters. The zero-order chi connectivity index (χ0) is 9.84. The average Bonchev–Trinajstić information content (AvgIpc) is 2.11. The zero-order valence-electron chi connectivity index (χ0n) is 6.97. The van der Waals surface area contributed by atoms with Gasteiger partial charge in [0.2, 0.25) is 0 Å². The Labute approximate surface area is 79.4 Å². The molecule has 1 aromatic carbocycles. The van der Waals surface area contributed by atoms with E-state index < -0.39 is 11.6 Å². The molecule has 0 fully saturated rings.